The molecule has 9 heteroatoms. The highest BCUT2D eigenvalue weighted by Gasteiger charge is 2.29. The molecule has 2 heterocycles. The Morgan fingerprint density at radius 1 is 0.932 bits per heavy atom. The van der Waals surface area contributed by atoms with Crippen LogP contribution in [0.15, 0.2) is 77.6 Å². The molecule has 0 radical (unpaired) electrons. The average molecular weight is 598 g/mol. The van der Waals surface area contributed by atoms with Crippen molar-refractivity contribution in [2.24, 2.45) is 0 Å². The topological polar surface area (TPSA) is 88.9 Å². The van der Waals surface area contributed by atoms with E-state index in [1.165, 1.54) is 0 Å². The summed E-state index contributed by atoms with van der Waals surface area (Å²) in [5, 5.41) is 4.03. The van der Waals surface area contributed by atoms with Crippen LogP contribution < -0.4 is 20.3 Å². The molecule has 3 aromatic carbocycles. The van der Waals surface area contributed by atoms with E-state index in [9.17, 15) is 9.59 Å². The number of aromatic nitrogens is 2. The number of piperazine rings is 1. The van der Waals surface area contributed by atoms with Gasteiger partial charge in [0.1, 0.15) is 17.3 Å². The summed E-state index contributed by atoms with van der Waals surface area (Å²) >= 11 is 0. The number of hydrogen-bond donors (Lipinski definition) is 1. The summed E-state index contributed by atoms with van der Waals surface area (Å²) in [6, 6.07) is 22.7. The van der Waals surface area contributed by atoms with E-state index in [-0.39, 0.29) is 29.7 Å². The number of carbonyl (C=O) groups excluding carboxylic acids is 1. The van der Waals surface area contributed by atoms with Gasteiger partial charge in [-0.05, 0) is 76.6 Å². The maximum atomic E-state index is 13.9. The van der Waals surface area contributed by atoms with Gasteiger partial charge in [-0.2, -0.15) is 0 Å². The molecule has 0 saturated carbocycles. The lowest BCUT2D eigenvalue weighted by Gasteiger charge is -2.38. The van der Waals surface area contributed by atoms with Crippen molar-refractivity contribution >= 4 is 16.8 Å². The van der Waals surface area contributed by atoms with Crippen molar-refractivity contribution in [1.82, 2.24) is 24.7 Å². The Balaban J connectivity index is 1.26. The number of ether oxygens (including phenoxy) is 2. The van der Waals surface area contributed by atoms with Crippen LogP contribution in [0, 0.1) is 0 Å². The molecule has 1 saturated heterocycles. The van der Waals surface area contributed by atoms with Crippen LogP contribution in [0.2, 0.25) is 0 Å². The van der Waals surface area contributed by atoms with Crippen molar-refractivity contribution in [1.29, 1.82) is 0 Å². The van der Waals surface area contributed by atoms with Gasteiger partial charge in [0, 0.05) is 38.3 Å². The minimum absolute atomic E-state index is 0.00484. The fraction of sp³-hybridized carbons (Fsp3) is 0.400. The number of amides is 1. The molecule has 0 spiro atoms. The van der Waals surface area contributed by atoms with Crippen LogP contribution in [0.5, 0.6) is 11.5 Å². The third-order valence-electron chi connectivity index (χ3n) is 7.90. The van der Waals surface area contributed by atoms with E-state index < -0.39 is 0 Å². The van der Waals surface area contributed by atoms with Gasteiger partial charge in [0.25, 0.3) is 11.5 Å². The Bertz CT molecular complexity index is 1640. The van der Waals surface area contributed by atoms with Gasteiger partial charge in [0.15, 0.2) is 6.61 Å². The Labute approximate surface area is 259 Å². The summed E-state index contributed by atoms with van der Waals surface area (Å²) in [6.07, 6.45) is 0. The summed E-state index contributed by atoms with van der Waals surface area (Å²) in [5.74, 6) is 1.92. The van der Waals surface area contributed by atoms with Crippen molar-refractivity contribution in [3.8, 4) is 17.2 Å². The smallest absolute Gasteiger partial charge is 0.266 e. The molecule has 1 aromatic heterocycles. The normalized spacial score (nSPS) is 14.9. The largest absolute Gasteiger partial charge is 0.492 e. The van der Waals surface area contributed by atoms with Gasteiger partial charge in [-0.25, -0.2) is 4.98 Å². The first-order valence-electron chi connectivity index (χ1n) is 15.4. The molecular formula is C35H43N5O4. The molecular weight excluding hydrogens is 554 g/mol. The summed E-state index contributed by atoms with van der Waals surface area (Å²) in [4.78, 5) is 36.0. The second-order valence-corrected chi connectivity index (χ2v) is 12.2. The molecule has 1 atom stereocenters. The lowest BCUT2D eigenvalue weighted by molar-refractivity contribution is -0.135. The summed E-state index contributed by atoms with van der Waals surface area (Å²) in [6.45, 7) is 14.1. The zero-order chi connectivity index (χ0) is 31.3. The van der Waals surface area contributed by atoms with Crippen molar-refractivity contribution in [3.05, 3.63) is 94.5 Å². The molecule has 1 amide bonds. The van der Waals surface area contributed by atoms with E-state index in [2.05, 4.69) is 37.9 Å². The molecule has 5 rings (SSSR count). The first-order chi connectivity index (χ1) is 21.1. The van der Waals surface area contributed by atoms with Gasteiger partial charge in [-0.1, -0.05) is 36.4 Å². The maximum absolute atomic E-state index is 13.9. The minimum atomic E-state index is -0.179. The number of para-hydroxylation sites is 3. The number of benzene rings is 3. The third kappa shape index (κ3) is 7.29. The molecule has 9 nitrogen and oxygen atoms in total. The number of carbonyl (C=O) groups is 1. The van der Waals surface area contributed by atoms with Gasteiger partial charge >= 0.3 is 0 Å². The van der Waals surface area contributed by atoms with E-state index in [4.69, 9.17) is 14.5 Å². The van der Waals surface area contributed by atoms with Gasteiger partial charge in [-0.15, -0.1) is 0 Å². The van der Waals surface area contributed by atoms with Gasteiger partial charge < -0.3 is 19.7 Å². The highest BCUT2D eigenvalue weighted by molar-refractivity contribution is 5.78. The Hall–Kier alpha value is -4.21. The van der Waals surface area contributed by atoms with E-state index in [1.807, 2.05) is 84.6 Å². The first-order valence-corrected chi connectivity index (χ1v) is 15.4. The van der Waals surface area contributed by atoms with Crippen molar-refractivity contribution in [3.63, 3.8) is 0 Å². The zero-order valence-electron chi connectivity index (χ0n) is 26.4. The molecule has 44 heavy (non-hydrogen) atoms. The fourth-order valence-electron chi connectivity index (χ4n) is 5.41. The zero-order valence-corrected chi connectivity index (χ0v) is 26.4. The van der Waals surface area contributed by atoms with E-state index in [1.54, 1.807) is 4.57 Å². The van der Waals surface area contributed by atoms with Gasteiger partial charge in [-0.3, -0.25) is 19.1 Å². The molecule has 1 aliphatic rings. The molecule has 1 N–H and O–H groups in total. The van der Waals surface area contributed by atoms with Crippen molar-refractivity contribution in [2.75, 3.05) is 39.4 Å². The van der Waals surface area contributed by atoms with Crippen LogP contribution in [0.4, 0.5) is 0 Å². The molecule has 1 fully saturated rings. The SMILES string of the molecule is CCOc1ccccc1-n1c(C(C)N2CCN(C(=O)COc3ccc(CNC(C)(C)C)cc3)CC2)nc2ccccc2c1=O. The van der Waals surface area contributed by atoms with Crippen LogP contribution in [0.3, 0.4) is 0 Å². The number of nitrogens with zero attached hydrogens (tertiary/aromatic N) is 4. The third-order valence-corrected chi connectivity index (χ3v) is 7.90. The average Bonchev–Trinajstić information content (AvgIpc) is 3.03. The van der Waals surface area contributed by atoms with E-state index in [0.29, 0.717) is 66.7 Å². The first kappa shape index (κ1) is 31.2. The number of nitrogens with one attached hydrogen (secondary N) is 1. The predicted octanol–water partition coefficient (Wildman–Crippen LogP) is 4.96. The molecule has 4 aromatic rings. The predicted molar refractivity (Wildman–Crippen MR) is 174 cm³/mol. The Kier molecular flexibility index (Phi) is 9.66. The highest BCUT2D eigenvalue weighted by atomic mass is 16.5. The molecule has 232 valence electrons. The highest BCUT2D eigenvalue weighted by Crippen LogP contribution is 2.28. The molecule has 0 aliphatic carbocycles. The van der Waals surface area contributed by atoms with Crippen LogP contribution in [-0.2, 0) is 11.3 Å². The lowest BCUT2D eigenvalue weighted by atomic mass is 10.1. The van der Waals surface area contributed by atoms with Crippen molar-refractivity contribution in [2.45, 2.75) is 52.7 Å². The number of hydrogen-bond acceptors (Lipinski definition) is 7. The van der Waals surface area contributed by atoms with E-state index in [0.717, 1.165) is 12.1 Å². The van der Waals surface area contributed by atoms with Gasteiger partial charge in [0.05, 0.1) is 29.2 Å². The standard InChI is InChI=1S/C35H43N5O4/c1-6-43-31-14-10-9-13-30(31)40-33(37-29-12-8-7-11-28(29)34(40)42)25(2)38-19-21-39(22-20-38)32(41)24-44-27-17-15-26(16-18-27)23-36-35(3,4)5/h7-18,25,36H,6,19-24H2,1-5H3. The fourth-order valence-corrected chi connectivity index (χ4v) is 5.41. The Morgan fingerprint density at radius 2 is 1.61 bits per heavy atom. The molecule has 1 unspecified atom stereocenters. The second kappa shape index (κ2) is 13.6. The number of fused-ring (bicyclic) bond motifs is 1. The van der Waals surface area contributed by atoms with Crippen LogP contribution in [0.25, 0.3) is 16.6 Å². The summed E-state index contributed by atoms with van der Waals surface area (Å²) in [7, 11) is 0. The number of rotatable bonds is 10. The van der Waals surface area contributed by atoms with Gasteiger partial charge in [0.2, 0.25) is 0 Å². The molecule has 0 bridgehead atoms. The summed E-state index contributed by atoms with van der Waals surface area (Å²) in [5.41, 5.74) is 2.41. The van der Waals surface area contributed by atoms with Crippen LogP contribution >= 0.6 is 0 Å². The maximum Gasteiger partial charge on any atom is 0.266 e. The van der Waals surface area contributed by atoms with Crippen LogP contribution in [-0.4, -0.2) is 70.2 Å². The monoisotopic (exact) mass is 597 g/mol. The lowest BCUT2D eigenvalue weighted by Crippen LogP contribution is -2.51. The van der Waals surface area contributed by atoms with E-state index >= 15 is 0 Å². The molecule has 1 aliphatic heterocycles. The second-order valence-electron chi connectivity index (χ2n) is 12.2. The summed E-state index contributed by atoms with van der Waals surface area (Å²) < 4.78 is 13.4. The quantitative estimate of drug-likeness (QED) is 0.277. The Morgan fingerprint density at radius 3 is 2.32 bits per heavy atom. The van der Waals surface area contributed by atoms with Crippen molar-refractivity contribution < 1.29 is 14.3 Å². The van der Waals surface area contributed by atoms with Crippen LogP contribution in [0.1, 0.15) is 52.0 Å². The minimum Gasteiger partial charge on any atom is -0.492 e.